The molecule has 0 saturated carbocycles. The molecule has 10 heteroatoms. The third kappa shape index (κ3) is 16.3. The highest BCUT2D eigenvalue weighted by Crippen LogP contribution is 2.08. The zero-order valence-corrected chi connectivity index (χ0v) is 22.7. The number of carbonyl (C=O) groups excluding carboxylic acids is 2. The number of rotatable bonds is 17. The summed E-state index contributed by atoms with van der Waals surface area (Å²) in [4.78, 5) is 28.1. The molecule has 1 amide bonds. The van der Waals surface area contributed by atoms with Crippen LogP contribution in [0, 0.1) is 0 Å². The fraction of sp³-hybridized carbons (Fsp3) is 0.704. The average Bonchev–Trinajstić information content (AvgIpc) is 2.86. The van der Waals surface area contributed by atoms with Crippen LogP contribution >= 0.6 is 0 Å². The monoisotopic (exact) mass is 523 g/mol. The molecule has 210 valence electrons. The number of hydrogen-bond donors (Lipinski definition) is 1. The molecule has 1 aromatic carbocycles. The minimum atomic E-state index is -0.450. The molecule has 1 fully saturated rings. The first-order chi connectivity index (χ1) is 17.8. The normalized spacial score (nSPS) is 14.9. The molecule has 0 aromatic heterocycles. The Morgan fingerprint density at radius 1 is 0.811 bits per heavy atom. The van der Waals surface area contributed by atoms with Crippen molar-refractivity contribution in [3.05, 3.63) is 35.9 Å². The van der Waals surface area contributed by atoms with Gasteiger partial charge in [-0.1, -0.05) is 30.3 Å². The maximum absolute atomic E-state index is 11.7. The Hall–Kier alpha value is -2.24. The molecule has 0 bridgehead atoms. The first-order valence-corrected chi connectivity index (χ1v) is 13.2. The predicted octanol–water partition coefficient (Wildman–Crippen LogP) is 2.31. The predicted molar refractivity (Wildman–Crippen MR) is 140 cm³/mol. The van der Waals surface area contributed by atoms with Gasteiger partial charge in [-0.15, -0.1) is 0 Å². The smallest absolute Gasteiger partial charge is 0.407 e. The second-order valence-electron chi connectivity index (χ2n) is 9.85. The second-order valence-corrected chi connectivity index (χ2v) is 9.85. The van der Waals surface area contributed by atoms with Gasteiger partial charge >= 0.3 is 12.1 Å². The van der Waals surface area contributed by atoms with Crippen molar-refractivity contribution in [2.24, 2.45) is 0 Å². The summed E-state index contributed by atoms with van der Waals surface area (Å²) in [6.07, 6.45) is -0.161. The van der Waals surface area contributed by atoms with Crippen LogP contribution in [0.2, 0.25) is 0 Å². The standard InChI is InChI=1S/C27H45N3O7/c1-27(2,3)37-25(31)9-17-33-19-15-29-11-13-30(14-12-29)16-20-35-22-21-34-18-10-28-26(32)36-23-24-7-5-4-6-8-24/h4-8H,9-23H2,1-3H3,(H,28,32). The van der Waals surface area contributed by atoms with E-state index >= 15 is 0 Å². The molecule has 0 aliphatic carbocycles. The highest BCUT2D eigenvalue weighted by atomic mass is 16.6. The second kappa shape index (κ2) is 18.1. The van der Waals surface area contributed by atoms with E-state index in [4.69, 9.17) is 23.7 Å². The zero-order chi connectivity index (χ0) is 26.8. The van der Waals surface area contributed by atoms with E-state index in [9.17, 15) is 9.59 Å². The lowest BCUT2D eigenvalue weighted by atomic mass is 10.2. The maximum atomic E-state index is 11.7. The number of benzene rings is 1. The van der Waals surface area contributed by atoms with Gasteiger partial charge < -0.3 is 29.0 Å². The SMILES string of the molecule is CC(C)(C)OC(=O)CCOCCN1CCN(CCOCCOCCNC(=O)OCc2ccccc2)CC1. The van der Waals surface area contributed by atoms with Gasteiger partial charge in [0.2, 0.25) is 0 Å². The number of carbonyl (C=O) groups is 2. The van der Waals surface area contributed by atoms with Gasteiger partial charge in [0.25, 0.3) is 0 Å². The van der Waals surface area contributed by atoms with Crippen molar-refractivity contribution in [3.63, 3.8) is 0 Å². The largest absolute Gasteiger partial charge is 0.460 e. The molecule has 0 unspecified atom stereocenters. The fourth-order valence-corrected chi connectivity index (χ4v) is 3.60. The summed E-state index contributed by atoms with van der Waals surface area (Å²) in [6, 6.07) is 9.55. The lowest BCUT2D eigenvalue weighted by molar-refractivity contribution is -0.156. The molecule has 1 aromatic rings. The van der Waals surface area contributed by atoms with Crippen LogP contribution in [-0.2, 0) is 35.1 Å². The van der Waals surface area contributed by atoms with Crippen LogP contribution in [0.5, 0.6) is 0 Å². The van der Waals surface area contributed by atoms with E-state index in [0.29, 0.717) is 46.2 Å². The van der Waals surface area contributed by atoms with Gasteiger partial charge in [-0.25, -0.2) is 4.79 Å². The molecule has 10 nitrogen and oxygen atoms in total. The summed E-state index contributed by atoms with van der Waals surface area (Å²) in [5, 5.41) is 2.67. The first-order valence-electron chi connectivity index (χ1n) is 13.2. The van der Waals surface area contributed by atoms with Crippen molar-refractivity contribution in [2.75, 3.05) is 85.5 Å². The van der Waals surface area contributed by atoms with Gasteiger partial charge in [0.1, 0.15) is 12.2 Å². The number of nitrogens with one attached hydrogen (secondary N) is 1. The number of ether oxygens (including phenoxy) is 5. The van der Waals surface area contributed by atoms with E-state index < -0.39 is 11.7 Å². The summed E-state index contributed by atoms with van der Waals surface area (Å²) < 4.78 is 27.2. The van der Waals surface area contributed by atoms with Gasteiger partial charge in [0.15, 0.2) is 0 Å². The highest BCUT2D eigenvalue weighted by Gasteiger charge is 2.17. The Morgan fingerprint density at radius 3 is 1.97 bits per heavy atom. The van der Waals surface area contributed by atoms with Crippen LogP contribution in [0.15, 0.2) is 30.3 Å². The van der Waals surface area contributed by atoms with Crippen LogP contribution < -0.4 is 5.32 Å². The van der Waals surface area contributed by atoms with Crippen LogP contribution in [0.4, 0.5) is 4.79 Å². The summed E-state index contributed by atoms with van der Waals surface area (Å²) in [5.74, 6) is -0.219. The Bertz CT molecular complexity index is 750. The van der Waals surface area contributed by atoms with Crippen LogP contribution in [-0.4, -0.2) is 113 Å². The zero-order valence-electron chi connectivity index (χ0n) is 22.7. The third-order valence-electron chi connectivity index (χ3n) is 5.54. The van der Waals surface area contributed by atoms with E-state index in [1.807, 2.05) is 51.1 Å². The van der Waals surface area contributed by atoms with Crippen molar-refractivity contribution in [1.29, 1.82) is 0 Å². The maximum Gasteiger partial charge on any atom is 0.407 e. The fourth-order valence-electron chi connectivity index (χ4n) is 3.60. The highest BCUT2D eigenvalue weighted by molar-refractivity contribution is 5.69. The van der Waals surface area contributed by atoms with Crippen molar-refractivity contribution in [1.82, 2.24) is 15.1 Å². The molecular formula is C27H45N3O7. The number of nitrogens with zero attached hydrogens (tertiary/aromatic N) is 2. The molecule has 0 radical (unpaired) electrons. The van der Waals surface area contributed by atoms with Gasteiger partial charge in [-0.3, -0.25) is 14.6 Å². The van der Waals surface area contributed by atoms with Gasteiger partial charge in [-0.05, 0) is 26.3 Å². The van der Waals surface area contributed by atoms with Crippen molar-refractivity contribution >= 4 is 12.1 Å². The third-order valence-corrected chi connectivity index (χ3v) is 5.54. The van der Waals surface area contributed by atoms with Gasteiger partial charge in [-0.2, -0.15) is 0 Å². The Morgan fingerprint density at radius 2 is 1.38 bits per heavy atom. The minimum Gasteiger partial charge on any atom is -0.460 e. The lowest BCUT2D eigenvalue weighted by Gasteiger charge is -2.34. The van der Waals surface area contributed by atoms with E-state index in [2.05, 4.69) is 15.1 Å². The molecule has 1 saturated heterocycles. The Kier molecular flexibility index (Phi) is 15.1. The van der Waals surface area contributed by atoms with Crippen LogP contribution in [0.25, 0.3) is 0 Å². The van der Waals surface area contributed by atoms with E-state index in [1.165, 1.54) is 0 Å². The number of piperazine rings is 1. The minimum absolute atomic E-state index is 0.219. The van der Waals surface area contributed by atoms with Crippen molar-refractivity contribution in [3.8, 4) is 0 Å². The van der Waals surface area contributed by atoms with Gasteiger partial charge in [0, 0.05) is 45.8 Å². The topological polar surface area (TPSA) is 98.8 Å². The number of amides is 1. The Labute approximate surface area is 221 Å². The summed E-state index contributed by atoms with van der Waals surface area (Å²) in [5.41, 5.74) is 0.501. The van der Waals surface area contributed by atoms with Crippen molar-refractivity contribution in [2.45, 2.75) is 39.4 Å². The summed E-state index contributed by atoms with van der Waals surface area (Å²) >= 11 is 0. The number of hydrogen-bond acceptors (Lipinski definition) is 9. The summed E-state index contributed by atoms with van der Waals surface area (Å²) in [6.45, 7) is 15.1. The van der Waals surface area contributed by atoms with Gasteiger partial charge in [0.05, 0.1) is 46.1 Å². The van der Waals surface area contributed by atoms with Crippen LogP contribution in [0.1, 0.15) is 32.8 Å². The van der Waals surface area contributed by atoms with E-state index in [0.717, 1.165) is 44.8 Å². The molecule has 1 heterocycles. The molecule has 0 atom stereocenters. The lowest BCUT2D eigenvalue weighted by Crippen LogP contribution is -2.48. The molecule has 37 heavy (non-hydrogen) atoms. The summed E-state index contributed by atoms with van der Waals surface area (Å²) in [7, 11) is 0. The number of alkyl carbamates (subject to hydrolysis) is 1. The number of esters is 1. The molecule has 0 spiro atoms. The average molecular weight is 524 g/mol. The molecular weight excluding hydrogens is 478 g/mol. The molecule has 1 N–H and O–H groups in total. The first kappa shape index (κ1) is 31.0. The van der Waals surface area contributed by atoms with Crippen molar-refractivity contribution < 1.29 is 33.3 Å². The molecule has 1 aliphatic heterocycles. The molecule has 1 aliphatic rings. The molecule has 2 rings (SSSR count). The van der Waals surface area contributed by atoms with E-state index in [-0.39, 0.29) is 19.0 Å². The van der Waals surface area contributed by atoms with Crippen LogP contribution in [0.3, 0.4) is 0 Å². The Balaban J connectivity index is 1.34. The van der Waals surface area contributed by atoms with E-state index in [1.54, 1.807) is 0 Å². The quantitative estimate of drug-likeness (QED) is 0.244.